The van der Waals surface area contributed by atoms with Crippen LogP contribution in [0.5, 0.6) is 0 Å². The Labute approximate surface area is 102 Å². The molecule has 0 aromatic rings. The van der Waals surface area contributed by atoms with Crippen LogP contribution in [0.2, 0.25) is 0 Å². The molecule has 0 aromatic heterocycles. The van der Waals surface area contributed by atoms with Crippen LogP contribution in [0.4, 0.5) is 4.79 Å². The van der Waals surface area contributed by atoms with Crippen LogP contribution in [-0.2, 0) is 14.3 Å². The Balaban J connectivity index is 4.48. The largest absolute Gasteiger partial charge is 0.444 e. The van der Waals surface area contributed by atoms with Crippen molar-refractivity contribution in [2.45, 2.75) is 52.7 Å². The normalized spacial score (nSPS) is 13.1. The summed E-state index contributed by atoms with van der Waals surface area (Å²) in [5.41, 5.74) is -0.628. The highest BCUT2D eigenvalue weighted by Gasteiger charge is 2.24. The Hall–Kier alpha value is -1.39. The van der Waals surface area contributed by atoms with E-state index < -0.39 is 23.5 Å². The molecule has 1 amide bonds. The summed E-state index contributed by atoms with van der Waals surface area (Å²) in [4.78, 5) is 33.2. The van der Waals surface area contributed by atoms with E-state index >= 15 is 0 Å². The molecule has 0 aliphatic rings. The first-order valence-corrected chi connectivity index (χ1v) is 5.64. The minimum absolute atomic E-state index is 0.193. The van der Waals surface area contributed by atoms with Gasteiger partial charge in [-0.1, -0.05) is 13.8 Å². The lowest BCUT2D eigenvalue weighted by Crippen LogP contribution is -2.44. The van der Waals surface area contributed by atoms with E-state index in [1.165, 1.54) is 0 Å². The predicted molar refractivity (Wildman–Crippen MR) is 63.7 cm³/mol. The van der Waals surface area contributed by atoms with E-state index in [1.807, 2.05) is 13.8 Å². The van der Waals surface area contributed by atoms with Crippen molar-refractivity contribution in [2.24, 2.45) is 5.92 Å². The summed E-state index contributed by atoms with van der Waals surface area (Å²) in [6, 6.07) is -0.803. The summed E-state index contributed by atoms with van der Waals surface area (Å²) >= 11 is 0. The number of Topliss-reactive ketones (excluding diaryl/α,β-unsaturated/α-hetero) is 1. The summed E-state index contributed by atoms with van der Waals surface area (Å²) in [6.45, 7) is 8.99. The summed E-state index contributed by atoms with van der Waals surface area (Å²) in [7, 11) is 0. The number of alkyl carbamates (subject to hydrolysis) is 1. The molecule has 0 unspecified atom stereocenters. The molecule has 0 aliphatic heterocycles. The third-order valence-corrected chi connectivity index (χ3v) is 1.86. The van der Waals surface area contributed by atoms with Crippen molar-refractivity contribution >= 4 is 18.2 Å². The molecule has 0 saturated carbocycles. The monoisotopic (exact) mass is 243 g/mol. The lowest BCUT2D eigenvalue weighted by molar-refractivity contribution is -0.131. The first-order valence-electron chi connectivity index (χ1n) is 5.64. The van der Waals surface area contributed by atoms with Crippen LogP contribution in [0, 0.1) is 5.92 Å². The van der Waals surface area contributed by atoms with Crippen molar-refractivity contribution in [3.8, 4) is 0 Å². The van der Waals surface area contributed by atoms with Gasteiger partial charge in [-0.05, 0) is 33.1 Å². The maximum atomic E-state index is 11.5. The van der Waals surface area contributed by atoms with Crippen LogP contribution in [0.1, 0.15) is 41.0 Å². The van der Waals surface area contributed by atoms with Gasteiger partial charge in [0.25, 0.3) is 0 Å². The maximum absolute atomic E-state index is 11.5. The van der Waals surface area contributed by atoms with E-state index in [2.05, 4.69) is 5.32 Å². The molecule has 5 nitrogen and oxygen atoms in total. The number of carbonyl (C=O) groups is 3. The first kappa shape index (κ1) is 15.6. The second-order valence-corrected chi connectivity index (χ2v) is 5.35. The van der Waals surface area contributed by atoms with Gasteiger partial charge in [-0.2, -0.15) is 0 Å². The zero-order valence-corrected chi connectivity index (χ0v) is 11.1. The van der Waals surface area contributed by atoms with Gasteiger partial charge in [0.15, 0.2) is 6.29 Å². The van der Waals surface area contributed by atoms with E-state index in [9.17, 15) is 14.4 Å². The third-order valence-electron chi connectivity index (χ3n) is 1.86. The fourth-order valence-corrected chi connectivity index (χ4v) is 1.25. The van der Waals surface area contributed by atoms with Gasteiger partial charge in [0.1, 0.15) is 5.60 Å². The molecule has 1 N–H and O–H groups in total. The standard InChI is InChI=1S/C12H21NO4/c1-8(2)6-9(10(15)7-14)13-11(16)17-12(3,4)5/h7-9H,6H2,1-5H3,(H,13,16)/t9-/m0/s1. The number of hydrogen-bond acceptors (Lipinski definition) is 4. The Morgan fingerprint density at radius 1 is 1.29 bits per heavy atom. The molecule has 0 rings (SSSR count). The first-order chi connectivity index (χ1) is 7.65. The summed E-state index contributed by atoms with van der Waals surface area (Å²) in [5, 5.41) is 2.41. The Kier molecular flexibility index (Phi) is 5.85. The smallest absolute Gasteiger partial charge is 0.408 e. The molecule has 0 spiro atoms. The zero-order valence-electron chi connectivity index (χ0n) is 11.1. The molecule has 0 radical (unpaired) electrons. The molecule has 5 heteroatoms. The van der Waals surface area contributed by atoms with E-state index in [0.717, 1.165) is 0 Å². The van der Waals surface area contributed by atoms with Gasteiger partial charge >= 0.3 is 6.09 Å². The number of rotatable bonds is 5. The minimum atomic E-state index is -0.803. The van der Waals surface area contributed by atoms with Gasteiger partial charge in [0.2, 0.25) is 5.78 Å². The summed E-state index contributed by atoms with van der Waals surface area (Å²) < 4.78 is 5.03. The number of nitrogens with one attached hydrogen (secondary N) is 1. The quantitative estimate of drug-likeness (QED) is 0.589. The van der Waals surface area contributed by atoms with Gasteiger partial charge in [0.05, 0.1) is 6.04 Å². The van der Waals surface area contributed by atoms with Crippen molar-refractivity contribution in [2.75, 3.05) is 0 Å². The highest BCUT2D eigenvalue weighted by atomic mass is 16.6. The highest BCUT2D eigenvalue weighted by molar-refractivity contribution is 6.27. The van der Waals surface area contributed by atoms with Crippen LogP contribution in [0.25, 0.3) is 0 Å². The molecule has 0 bridgehead atoms. The number of ether oxygens (including phenoxy) is 1. The predicted octanol–water partition coefficient (Wildman–Crippen LogP) is 1.69. The van der Waals surface area contributed by atoms with E-state index in [-0.39, 0.29) is 12.2 Å². The van der Waals surface area contributed by atoms with Crippen molar-refractivity contribution in [1.82, 2.24) is 5.32 Å². The van der Waals surface area contributed by atoms with Crippen LogP contribution >= 0.6 is 0 Å². The Bertz CT molecular complexity index is 291. The van der Waals surface area contributed by atoms with Gasteiger partial charge in [-0.15, -0.1) is 0 Å². The van der Waals surface area contributed by atoms with Gasteiger partial charge in [0, 0.05) is 0 Å². The number of carbonyl (C=O) groups excluding carboxylic acids is 3. The van der Waals surface area contributed by atoms with Crippen LogP contribution in [0.3, 0.4) is 0 Å². The molecule has 0 aromatic carbocycles. The van der Waals surface area contributed by atoms with Crippen LogP contribution in [0.15, 0.2) is 0 Å². The maximum Gasteiger partial charge on any atom is 0.408 e. The molecule has 17 heavy (non-hydrogen) atoms. The van der Waals surface area contributed by atoms with E-state index in [4.69, 9.17) is 4.74 Å². The molecule has 0 aliphatic carbocycles. The van der Waals surface area contributed by atoms with E-state index in [0.29, 0.717) is 6.42 Å². The molecule has 0 heterocycles. The summed E-state index contributed by atoms with van der Waals surface area (Å²) in [6.07, 6.45) is -0.0420. The van der Waals surface area contributed by atoms with Crippen molar-refractivity contribution in [3.63, 3.8) is 0 Å². The third kappa shape index (κ3) is 7.49. The molecule has 0 fully saturated rings. The van der Waals surface area contributed by atoms with Crippen molar-refractivity contribution < 1.29 is 19.1 Å². The number of ketones is 1. The van der Waals surface area contributed by atoms with Crippen molar-refractivity contribution in [1.29, 1.82) is 0 Å². The second kappa shape index (κ2) is 6.37. The topological polar surface area (TPSA) is 72.5 Å². The summed E-state index contributed by atoms with van der Waals surface area (Å²) in [5.74, 6) is -0.441. The molecule has 98 valence electrons. The van der Waals surface area contributed by atoms with E-state index in [1.54, 1.807) is 20.8 Å². The average molecular weight is 243 g/mol. The fraction of sp³-hybridized carbons (Fsp3) is 0.750. The minimum Gasteiger partial charge on any atom is -0.444 e. The fourth-order valence-electron chi connectivity index (χ4n) is 1.25. The SMILES string of the molecule is CC(C)C[C@H](NC(=O)OC(C)(C)C)C(=O)C=O. The molecular formula is C12H21NO4. The Morgan fingerprint density at radius 3 is 2.18 bits per heavy atom. The Morgan fingerprint density at radius 2 is 1.82 bits per heavy atom. The lowest BCUT2D eigenvalue weighted by Gasteiger charge is -2.22. The number of hydrogen-bond donors (Lipinski definition) is 1. The van der Waals surface area contributed by atoms with Gasteiger partial charge < -0.3 is 10.1 Å². The number of amides is 1. The molecule has 1 atom stereocenters. The second-order valence-electron chi connectivity index (χ2n) is 5.35. The zero-order chi connectivity index (χ0) is 13.6. The van der Waals surface area contributed by atoms with Gasteiger partial charge in [-0.25, -0.2) is 4.79 Å². The highest BCUT2D eigenvalue weighted by Crippen LogP contribution is 2.09. The van der Waals surface area contributed by atoms with Crippen LogP contribution in [-0.4, -0.2) is 29.8 Å². The van der Waals surface area contributed by atoms with Crippen molar-refractivity contribution in [3.05, 3.63) is 0 Å². The molecular weight excluding hydrogens is 222 g/mol. The lowest BCUT2D eigenvalue weighted by atomic mass is 10.0. The van der Waals surface area contributed by atoms with Gasteiger partial charge in [-0.3, -0.25) is 9.59 Å². The average Bonchev–Trinajstić information content (AvgIpc) is 2.11. The van der Waals surface area contributed by atoms with Crippen LogP contribution < -0.4 is 5.32 Å². The molecule has 0 saturated heterocycles. The number of aldehydes is 1.